The van der Waals surface area contributed by atoms with Gasteiger partial charge < -0.3 is 4.74 Å². The average Bonchev–Trinajstić information content (AvgIpc) is 2.73. The molecule has 140 valence electrons. The van der Waals surface area contributed by atoms with E-state index in [1.54, 1.807) is 6.08 Å². The van der Waals surface area contributed by atoms with Gasteiger partial charge in [-0.3, -0.25) is 0 Å². The second-order valence-corrected chi connectivity index (χ2v) is 6.70. The Balaban J connectivity index is 2.09. The van der Waals surface area contributed by atoms with E-state index in [1.807, 2.05) is 66.7 Å². The van der Waals surface area contributed by atoms with Crippen LogP contribution in [0.1, 0.15) is 56.6 Å². The first kappa shape index (κ1) is 20.7. The van der Waals surface area contributed by atoms with Gasteiger partial charge in [0.25, 0.3) is 0 Å². The lowest BCUT2D eigenvalue weighted by Gasteiger charge is -2.23. The van der Waals surface area contributed by atoms with E-state index in [4.69, 9.17) is 4.74 Å². The molecule has 2 aromatic rings. The van der Waals surface area contributed by atoms with Gasteiger partial charge >= 0.3 is 0 Å². The third kappa shape index (κ3) is 6.91. The van der Waals surface area contributed by atoms with Gasteiger partial charge in [0.05, 0.1) is 0 Å². The van der Waals surface area contributed by atoms with Gasteiger partial charge in [-0.1, -0.05) is 99.7 Å². The number of benzene rings is 2. The monoisotopic (exact) mass is 359 g/mol. The second kappa shape index (κ2) is 11.9. The molecule has 0 radical (unpaired) electrons. The van der Waals surface area contributed by atoms with E-state index < -0.39 is 5.60 Å². The first-order chi connectivity index (χ1) is 13.3. The summed E-state index contributed by atoms with van der Waals surface area (Å²) in [5.74, 6) is 0. The topological polar surface area (TPSA) is 33.0 Å². The standard InChI is InChI=1S/C25H29NO/c1-2-3-4-5-6-13-21-27-25(22-26,24-18-11-8-12-19-24)20-14-17-23-15-9-7-10-16-23/h7-12,15-20H,2-6,13,21H2,1H3. The van der Waals surface area contributed by atoms with Crippen LogP contribution >= 0.6 is 0 Å². The molecule has 2 rings (SSSR count). The molecule has 0 saturated heterocycles. The Labute approximate surface area is 163 Å². The summed E-state index contributed by atoms with van der Waals surface area (Å²) < 4.78 is 6.11. The van der Waals surface area contributed by atoms with E-state index in [1.165, 1.54) is 25.7 Å². The molecule has 0 bridgehead atoms. The zero-order valence-electron chi connectivity index (χ0n) is 16.2. The summed E-state index contributed by atoms with van der Waals surface area (Å²) >= 11 is 0. The van der Waals surface area contributed by atoms with Crippen LogP contribution < -0.4 is 0 Å². The molecular weight excluding hydrogens is 330 g/mol. The number of hydrogen-bond acceptors (Lipinski definition) is 2. The zero-order valence-corrected chi connectivity index (χ0v) is 16.2. The Morgan fingerprint density at radius 2 is 1.52 bits per heavy atom. The van der Waals surface area contributed by atoms with Crippen molar-refractivity contribution in [1.29, 1.82) is 5.26 Å². The number of unbranched alkanes of at least 4 members (excludes halogenated alkanes) is 5. The Morgan fingerprint density at radius 3 is 2.19 bits per heavy atom. The van der Waals surface area contributed by atoms with E-state index in [-0.39, 0.29) is 0 Å². The Kier molecular flexibility index (Phi) is 9.14. The number of ether oxygens (including phenoxy) is 1. The summed E-state index contributed by atoms with van der Waals surface area (Å²) in [6.45, 7) is 2.79. The van der Waals surface area contributed by atoms with Gasteiger partial charge in [0.15, 0.2) is 0 Å². The molecule has 2 aromatic carbocycles. The van der Waals surface area contributed by atoms with E-state index in [0.717, 1.165) is 24.0 Å². The molecule has 1 atom stereocenters. The molecule has 0 aliphatic rings. The van der Waals surface area contributed by atoms with Crippen molar-refractivity contribution in [2.45, 2.75) is 51.0 Å². The van der Waals surface area contributed by atoms with Crippen LogP contribution in [0.25, 0.3) is 6.08 Å². The molecule has 0 spiro atoms. The molecule has 0 heterocycles. The van der Waals surface area contributed by atoms with E-state index in [0.29, 0.717) is 6.61 Å². The maximum Gasteiger partial charge on any atom is 0.205 e. The minimum absolute atomic E-state index is 0.568. The maximum absolute atomic E-state index is 9.94. The van der Waals surface area contributed by atoms with Crippen molar-refractivity contribution in [2.75, 3.05) is 6.61 Å². The van der Waals surface area contributed by atoms with Gasteiger partial charge in [0, 0.05) is 18.2 Å². The molecule has 0 aliphatic carbocycles. The van der Waals surface area contributed by atoms with Gasteiger partial charge in [-0.25, -0.2) is 0 Å². The molecule has 1 unspecified atom stereocenters. The summed E-state index contributed by atoms with van der Waals surface area (Å²) in [5.41, 5.74) is 3.95. The number of hydrogen-bond donors (Lipinski definition) is 0. The highest BCUT2D eigenvalue weighted by Gasteiger charge is 2.30. The molecule has 27 heavy (non-hydrogen) atoms. The third-order valence-electron chi connectivity index (χ3n) is 4.53. The van der Waals surface area contributed by atoms with Crippen LogP contribution in [0.4, 0.5) is 0 Å². The molecule has 0 aromatic heterocycles. The normalized spacial score (nSPS) is 12.4. The fourth-order valence-corrected chi connectivity index (χ4v) is 2.94. The number of rotatable bonds is 11. The molecule has 0 saturated carbocycles. The first-order valence-corrected chi connectivity index (χ1v) is 9.90. The van der Waals surface area contributed by atoms with Crippen molar-refractivity contribution in [1.82, 2.24) is 0 Å². The molecule has 2 heteroatoms. The largest absolute Gasteiger partial charge is 0.352 e. The van der Waals surface area contributed by atoms with Crippen LogP contribution in [0.3, 0.4) is 0 Å². The summed E-state index contributed by atoms with van der Waals surface area (Å²) in [4.78, 5) is 0. The van der Waals surface area contributed by atoms with Gasteiger partial charge in [0.2, 0.25) is 5.60 Å². The lowest BCUT2D eigenvalue weighted by molar-refractivity contribution is 0.0282. The predicted molar refractivity (Wildman–Crippen MR) is 112 cm³/mol. The molecular formula is C25H29NO. The van der Waals surface area contributed by atoms with E-state index in [2.05, 4.69) is 18.7 Å². The number of nitrogens with zero attached hydrogens (tertiary/aromatic N) is 1. The van der Waals surface area contributed by atoms with Gasteiger partial charge in [0.1, 0.15) is 6.07 Å². The van der Waals surface area contributed by atoms with Crippen molar-refractivity contribution in [3.05, 3.63) is 83.6 Å². The van der Waals surface area contributed by atoms with Crippen molar-refractivity contribution < 1.29 is 4.74 Å². The SMILES string of the molecule is CCCCCCCCOC(C#N)(C=C=Cc1ccccc1)c1ccccc1. The second-order valence-electron chi connectivity index (χ2n) is 6.70. The minimum atomic E-state index is -1.10. The minimum Gasteiger partial charge on any atom is -0.352 e. The lowest BCUT2D eigenvalue weighted by atomic mass is 9.94. The highest BCUT2D eigenvalue weighted by molar-refractivity contribution is 5.49. The first-order valence-electron chi connectivity index (χ1n) is 9.90. The predicted octanol–water partition coefficient (Wildman–Crippen LogP) is 6.65. The van der Waals surface area contributed by atoms with Crippen LogP contribution in [0, 0.1) is 11.3 Å². The van der Waals surface area contributed by atoms with Crippen LogP contribution in [0.15, 0.2) is 72.5 Å². The average molecular weight is 360 g/mol. The Hall–Kier alpha value is -2.59. The summed E-state index contributed by atoms with van der Waals surface area (Å²) in [5, 5.41) is 9.94. The quantitative estimate of drug-likeness (QED) is 0.332. The lowest BCUT2D eigenvalue weighted by Crippen LogP contribution is -2.26. The molecule has 0 amide bonds. The zero-order chi connectivity index (χ0) is 19.2. The highest BCUT2D eigenvalue weighted by atomic mass is 16.5. The Morgan fingerprint density at radius 1 is 0.889 bits per heavy atom. The van der Waals surface area contributed by atoms with E-state index >= 15 is 0 Å². The van der Waals surface area contributed by atoms with E-state index in [9.17, 15) is 5.26 Å². The summed E-state index contributed by atoms with van der Waals surface area (Å²) in [6, 6.07) is 22.0. The van der Waals surface area contributed by atoms with Gasteiger partial charge in [-0.05, 0) is 18.1 Å². The molecule has 0 N–H and O–H groups in total. The van der Waals surface area contributed by atoms with Gasteiger partial charge in [-0.15, -0.1) is 5.73 Å². The van der Waals surface area contributed by atoms with Gasteiger partial charge in [-0.2, -0.15) is 5.26 Å². The van der Waals surface area contributed by atoms with Crippen molar-refractivity contribution >= 4 is 6.08 Å². The smallest absolute Gasteiger partial charge is 0.205 e. The highest BCUT2D eigenvalue weighted by Crippen LogP contribution is 2.27. The molecule has 0 fully saturated rings. The Bertz CT molecular complexity index is 754. The van der Waals surface area contributed by atoms with Crippen molar-refractivity contribution in [2.24, 2.45) is 0 Å². The van der Waals surface area contributed by atoms with Crippen LogP contribution in [-0.2, 0) is 10.3 Å². The van der Waals surface area contributed by atoms with Crippen molar-refractivity contribution in [3.8, 4) is 6.07 Å². The van der Waals surface area contributed by atoms with Crippen molar-refractivity contribution in [3.63, 3.8) is 0 Å². The fraction of sp³-hybridized carbons (Fsp3) is 0.360. The third-order valence-corrected chi connectivity index (χ3v) is 4.53. The fourth-order valence-electron chi connectivity index (χ4n) is 2.94. The number of nitriles is 1. The van der Waals surface area contributed by atoms with Crippen LogP contribution in [0.5, 0.6) is 0 Å². The maximum atomic E-state index is 9.94. The summed E-state index contributed by atoms with van der Waals surface area (Å²) in [6.07, 6.45) is 10.8. The van der Waals surface area contributed by atoms with Crippen LogP contribution in [-0.4, -0.2) is 6.61 Å². The molecule has 2 nitrogen and oxygen atoms in total. The van der Waals surface area contributed by atoms with Crippen LogP contribution in [0.2, 0.25) is 0 Å². The summed E-state index contributed by atoms with van der Waals surface area (Å²) in [7, 11) is 0. The molecule has 0 aliphatic heterocycles.